The number of nitrogens with zero attached hydrogens (tertiary/aromatic N) is 2. The summed E-state index contributed by atoms with van der Waals surface area (Å²) in [4.78, 5) is 11.3. The maximum atomic E-state index is 13.2. The molecule has 1 unspecified atom stereocenters. The van der Waals surface area contributed by atoms with Gasteiger partial charge in [-0.05, 0) is 35.7 Å². The van der Waals surface area contributed by atoms with Crippen molar-refractivity contribution in [2.45, 2.75) is 16.8 Å². The molecule has 0 amide bonds. The number of benzene rings is 1. The molecule has 0 aliphatic rings. The number of aliphatic carboxylic acids is 1. The van der Waals surface area contributed by atoms with Gasteiger partial charge in [-0.1, -0.05) is 0 Å². The average molecular weight is 369 g/mol. The summed E-state index contributed by atoms with van der Waals surface area (Å²) in [5.41, 5.74) is 0. The molecule has 0 saturated carbocycles. The Kier molecular flexibility index (Phi) is 4.35. The smallest absolute Gasteiger partial charge is 0.323 e. The summed E-state index contributed by atoms with van der Waals surface area (Å²) in [5.74, 6) is -1.79. The van der Waals surface area contributed by atoms with Crippen LogP contribution in [-0.2, 0) is 21.4 Å². The summed E-state index contributed by atoms with van der Waals surface area (Å²) < 4.78 is 42.1. The van der Waals surface area contributed by atoms with E-state index in [9.17, 15) is 22.7 Å². The van der Waals surface area contributed by atoms with E-state index in [1.807, 2.05) is 0 Å². The quantitative estimate of drug-likeness (QED) is 0.688. The van der Waals surface area contributed by atoms with Gasteiger partial charge in [-0.2, -0.15) is 9.82 Å². The van der Waals surface area contributed by atoms with E-state index in [0.717, 1.165) is 11.3 Å². The van der Waals surface area contributed by atoms with Crippen molar-refractivity contribution < 1.29 is 22.7 Å². The van der Waals surface area contributed by atoms with Gasteiger partial charge in [0.1, 0.15) is 16.1 Å². The van der Waals surface area contributed by atoms with Crippen LogP contribution in [0.15, 0.2) is 46.9 Å². The number of rotatable bonds is 6. The van der Waals surface area contributed by atoms with Gasteiger partial charge in [0.2, 0.25) is 0 Å². The van der Waals surface area contributed by atoms with E-state index in [1.54, 1.807) is 6.07 Å². The highest BCUT2D eigenvalue weighted by molar-refractivity contribution is 7.91. The summed E-state index contributed by atoms with van der Waals surface area (Å²) >= 11 is 0.942. The summed E-state index contributed by atoms with van der Waals surface area (Å²) in [7, 11) is -4.06. The Hall–Kier alpha value is -2.30. The molecule has 0 spiro atoms. The van der Waals surface area contributed by atoms with Crippen molar-refractivity contribution >= 4 is 37.4 Å². The molecule has 0 radical (unpaired) electrons. The zero-order valence-corrected chi connectivity index (χ0v) is 13.7. The summed E-state index contributed by atoms with van der Waals surface area (Å²) in [5, 5.41) is 13.6. The molecule has 10 heteroatoms. The van der Waals surface area contributed by atoms with Gasteiger partial charge in [0.15, 0.2) is 0 Å². The summed E-state index contributed by atoms with van der Waals surface area (Å²) in [6, 6.07) is 5.49. The highest BCUT2D eigenvalue weighted by atomic mass is 32.2. The van der Waals surface area contributed by atoms with E-state index in [4.69, 9.17) is 0 Å². The highest BCUT2D eigenvalue weighted by Gasteiger charge is 2.27. The molecule has 2 aromatic heterocycles. The van der Waals surface area contributed by atoms with Crippen LogP contribution in [0.1, 0.15) is 0 Å². The van der Waals surface area contributed by atoms with E-state index in [1.165, 1.54) is 41.3 Å². The van der Waals surface area contributed by atoms with Crippen LogP contribution in [0.5, 0.6) is 0 Å². The second kappa shape index (κ2) is 6.30. The normalized spacial score (nSPS) is 13.2. The Balaban J connectivity index is 1.88. The maximum Gasteiger partial charge on any atom is 0.323 e. The van der Waals surface area contributed by atoms with Crippen molar-refractivity contribution in [3.8, 4) is 0 Å². The molecule has 3 rings (SSSR count). The third-order valence-electron chi connectivity index (χ3n) is 3.24. The fourth-order valence-corrected chi connectivity index (χ4v) is 4.70. The average Bonchev–Trinajstić information content (AvgIpc) is 3.15. The third kappa shape index (κ3) is 3.45. The number of fused-ring (bicyclic) bond motifs is 1. The predicted octanol–water partition coefficient (Wildman–Crippen LogP) is 1.67. The van der Waals surface area contributed by atoms with Crippen LogP contribution in [0, 0.1) is 5.82 Å². The van der Waals surface area contributed by atoms with E-state index in [0.29, 0.717) is 10.1 Å². The standard InChI is InChI=1S/C14H12FN3O4S2/c15-10-2-3-12-9(6-10)7-13(23-12)24(21,22)17-11(14(19)20)8-18-5-1-4-16-18/h1-7,11,17H,8H2,(H,19,20). The predicted molar refractivity (Wildman–Crippen MR) is 85.8 cm³/mol. The Labute approximate surface area is 140 Å². The topological polar surface area (TPSA) is 101 Å². The number of nitrogens with one attached hydrogen (secondary N) is 1. The maximum absolute atomic E-state index is 13.2. The Bertz CT molecular complexity index is 983. The van der Waals surface area contributed by atoms with E-state index in [-0.39, 0.29) is 10.8 Å². The molecular formula is C14H12FN3O4S2. The minimum Gasteiger partial charge on any atom is -0.480 e. The SMILES string of the molecule is O=C(O)C(Cn1cccn1)NS(=O)(=O)c1cc2cc(F)ccc2s1. The molecule has 1 atom stereocenters. The summed E-state index contributed by atoms with van der Waals surface area (Å²) in [6.07, 6.45) is 3.00. The summed E-state index contributed by atoms with van der Waals surface area (Å²) in [6.45, 7) is -0.152. The molecular weight excluding hydrogens is 357 g/mol. The molecule has 1 aromatic carbocycles. The van der Waals surface area contributed by atoms with Crippen LogP contribution < -0.4 is 4.72 Å². The Morgan fingerprint density at radius 2 is 2.21 bits per heavy atom. The second-order valence-electron chi connectivity index (χ2n) is 4.99. The van der Waals surface area contributed by atoms with Gasteiger partial charge in [0, 0.05) is 17.1 Å². The van der Waals surface area contributed by atoms with Crippen molar-refractivity contribution in [2.75, 3.05) is 0 Å². The van der Waals surface area contributed by atoms with Crippen LogP contribution in [-0.4, -0.2) is 35.3 Å². The molecule has 0 fully saturated rings. The monoisotopic (exact) mass is 369 g/mol. The minimum atomic E-state index is -4.06. The molecule has 0 bridgehead atoms. The van der Waals surface area contributed by atoms with E-state index < -0.39 is 27.9 Å². The third-order valence-corrected chi connectivity index (χ3v) is 6.31. The van der Waals surface area contributed by atoms with Crippen LogP contribution >= 0.6 is 11.3 Å². The van der Waals surface area contributed by atoms with Gasteiger partial charge < -0.3 is 5.11 Å². The van der Waals surface area contributed by atoms with Crippen LogP contribution in [0.4, 0.5) is 4.39 Å². The lowest BCUT2D eigenvalue weighted by atomic mass is 10.3. The first-order valence-corrected chi connectivity index (χ1v) is 9.07. The number of aromatic nitrogens is 2. The van der Waals surface area contributed by atoms with E-state index >= 15 is 0 Å². The van der Waals surface area contributed by atoms with Gasteiger partial charge in [0.25, 0.3) is 10.0 Å². The van der Waals surface area contributed by atoms with Gasteiger partial charge in [0.05, 0.1) is 6.54 Å². The zero-order chi connectivity index (χ0) is 17.3. The Morgan fingerprint density at radius 1 is 1.42 bits per heavy atom. The zero-order valence-electron chi connectivity index (χ0n) is 12.1. The van der Waals surface area contributed by atoms with Crippen LogP contribution in [0.3, 0.4) is 0 Å². The number of hydrogen-bond acceptors (Lipinski definition) is 5. The number of halogens is 1. The molecule has 2 N–H and O–H groups in total. The minimum absolute atomic E-state index is 0.0742. The number of hydrogen-bond donors (Lipinski definition) is 2. The first kappa shape index (κ1) is 16.6. The number of sulfonamides is 1. The van der Waals surface area contributed by atoms with Crippen LogP contribution in [0.25, 0.3) is 10.1 Å². The molecule has 0 saturated heterocycles. The number of carboxylic acids is 1. The van der Waals surface area contributed by atoms with Crippen molar-refractivity contribution in [1.29, 1.82) is 0 Å². The fourth-order valence-electron chi connectivity index (χ4n) is 2.13. The lowest BCUT2D eigenvalue weighted by molar-refractivity contribution is -0.139. The number of carboxylic acid groups (broad SMARTS) is 1. The first-order chi connectivity index (χ1) is 11.3. The van der Waals surface area contributed by atoms with E-state index in [2.05, 4.69) is 9.82 Å². The lowest BCUT2D eigenvalue weighted by Gasteiger charge is -2.14. The molecule has 126 valence electrons. The fraction of sp³-hybridized carbons (Fsp3) is 0.143. The molecule has 24 heavy (non-hydrogen) atoms. The molecule has 3 aromatic rings. The highest BCUT2D eigenvalue weighted by Crippen LogP contribution is 2.29. The van der Waals surface area contributed by atoms with Crippen molar-refractivity contribution in [1.82, 2.24) is 14.5 Å². The van der Waals surface area contributed by atoms with Gasteiger partial charge in [-0.15, -0.1) is 11.3 Å². The lowest BCUT2D eigenvalue weighted by Crippen LogP contribution is -2.43. The Morgan fingerprint density at radius 3 is 2.88 bits per heavy atom. The molecule has 2 heterocycles. The van der Waals surface area contributed by atoms with Gasteiger partial charge in [-0.3, -0.25) is 9.48 Å². The molecule has 0 aliphatic carbocycles. The van der Waals surface area contributed by atoms with Crippen molar-refractivity contribution in [3.05, 3.63) is 48.5 Å². The molecule has 7 nitrogen and oxygen atoms in total. The number of thiophene rings is 1. The van der Waals surface area contributed by atoms with Gasteiger partial charge >= 0.3 is 5.97 Å². The first-order valence-electron chi connectivity index (χ1n) is 6.77. The number of carbonyl (C=O) groups is 1. The van der Waals surface area contributed by atoms with Crippen molar-refractivity contribution in [3.63, 3.8) is 0 Å². The molecule has 0 aliphatic heterocycles. The largest absolute Gasteiger partial charge is 0.480 e. The van der Waals surface area contributed by atoms with Crippen LogP contribution in [0.2, 0.25) is 0 Å². The van der Waals surface area contributed by atoms with Crippen molar-refractivity contribution in [2.24, 2.45) is 0 Å². The van der Waals surface area contributed by atoms with Gasteiger partial charge in [-0.25, -0.2) is 12.8 Å². The second-order valence-corrected chi connectivity index (χ2v) is 8.01.